The molecule has 5 nitrogen and oxygen atoms in total. The molecule has 1 heterocycles. The number of thioether (sulfide) groups is 1. The lowest BCUT2D eigenvalue weighted by Crippen LogP contribution is -2.38. The second-order valence-electron chi connectivity index (χ2n) is 5.22. The van der Waals surface area contributed by atoms with E-state index in [1.165, 1.54) is 0 Å². The largest absolute Gasteiger partial charge is 0.324 e. The molecule has 1 atom stereocenters. The minimum Gasteiger partial charge on any atom is -0.324 e. The summed E-state index contributed by atoms with van der Waals surface area (Å²) in [6.45, 7) is 0.197. The Bertz CT molecular complexity index is 616. The number of hydrogen-bond acceptors (Lipinski definition) is 5. The van der Waals surface area contributed by atoms with Crippen molar-refractivity contribution in [3.05, 3.63) is 24.3 Å². The molecule has 2 rings (SSSR count). The Kier molecular flexibility index (Phi) is 5.29. The van der Waals surface area contributed by atoms with Crippen molar-refractivity contribution in [3.8, 4) is 0 Å². The van der Waals surface area contributed by atoms with Gasteiger partial charge in [0.1, 0.15) is 0 Å². The molecule has 7 heteroatoms. The van der Waals surface area contributed by atoms with Crippen LogP contribution < -0.4 is 5.32 Å². The van der Waals surface area contributed by atoms with Gasteiger partial charge in [-0.05, 0) is 31.9 Å². The lowest BCUT2D eigenvalue weighted by molar-refractivity contribution is -0.117. The Hall–Kier alpha value is -1.05. The van der Waals surface area contributed by atoms with Gasteiger partial charge in [0.05, 0.1) is 23.7 Å². The zero-order valence-corrected chi connectivity index (χ0v) is 13.8. The quantitative estimate of drug-likeness (QED) is 0.829. The van der Waals surface area contributed by atoms with E-state index < -0.39 is 9.84 Å². The van der Waals surface area contributed by atoms with Crippen LogP contribution >= 0.6 is 11.8 Å². The maximum atomic E-state index is 12.1. The summed E-state index contributed by atoms with van der Waals surface area (Å²) in [7, 11) is -1.13. The van der Waals surface area contributed by atoms with Crippen molar-refractivity contribution in [2.75, 3.05) is 36.7 Å². The lowest BCUT2D eigenvalue weighted by atomic mass is 10.2. The molecule has 1 aromatic carbocycles. The van der Waals surface area contributed by atoms with E-state index in [4.69, 9.17) is 0 Å². The average molecular weight is 328 g/mol. The van der Waals surface area contributed by atoms with Crippen molar-refractivity contribution in [2.45, 2.75) is 17.4 Å². The molecule has 0 bridgehead atoms. The van der Waals surface area contributed by atoms with Gasteiger partial charge in [0.15, 0.2) is 9.84 Å². The number of para-hydroxylation sites is 1. The Morgan fingerprint density at radius 2 is 2.14 bits per heavy atom. The van der Waals surface area contributed by atoms with Gasteiger partial charge in [-0.3, -0.25) is 9.69 Å². The number of rotatable bonds is 5. The van der Waals surface area contributed by atoms with Crippen molar-refractivity contribution >= 4 is 33.2 Å². The Morgan fingerprint density at radius 1 is 1.43 bits per heavy atom. The van der Waals surface area contributed by atoms with Crippen LogP contribution in [-0.4, -0.2) is 56.6 Å². The molecule has 0 unspecified atom stereocenters. The van der Waals surface area contributed by atoms with E-state index in [1.807, 2.05) is 35.4 Å². The molecule has 0 saturated carbocycles. The number of nitrogens with one attached hydrogen (secondary N) is 1. The Labute approximate surface area is 130 Å². The van der Waals surface area contributed by atoms with Crippen LogP contribution in [0.2, 0.25) is 0 Å². The highest BCUT2D eigenvalue weighted by Gasteiger charge is 2.31. The molecule has 0 aromatic heterocycles. The molecule has 0 aliphatic carbocycles. The molecular weight excluding hydrogens is 308 g/mol. The molecule has 1 aliphatic rings. The van der Waals surface area contributed by atoms with Gasteiger partial charge in [-0.15, -0.1) is 11.8 Å². The SMILES string of the molecule is CSc1ccccc1NC(=O)CN(C)[C@@H]1CCS(=O)(=O)C1. The van der Waals surface area contributed by atoms with Crippen LogP contribution in [0.5, 0.6) is 0 Å². The first-order valence-corrected chi connectivity index (χ1v) is 9.79. The molecule has 0 radical (unpaired) electrons. The molecule has 21 heavy (non-hydrogen) atoms. The summed E-state index contributed by atoms with van der Waals surface area (Å²) in [4.78, 5) is 14.9. The van der Waals surface area contributed by atoms with E-state index in [1.54, 1.807) is 18.8 Å². The van der Waals surface area contributed by atoms with Crippen LogP contribution in [0.3, 0.4) is 0 Å². The number of nitrogens with zero attached hydrogens (tertiary/aromatic N) is 1. The molecule has 1 fully saturated rings. The fourth-order valence-corrected chi connectivity index (χ4v) is 4.78. The summed E-state index contributed by atoms with van der Waals surface area (Å²) >= 11 is 1.57. The molecule has 1 aromatic rings. The Morgan fingerprint density at radius 3 is 2.76 bits per heavy atom. The molecule has 1 amide bonds. The van der Waals surface area contributed by atoms with Gasteiger partial charge in [0.25, 0.3) is 0 Å². The maximum Gasteiger partial charge on any atom is 0.238 e. The van der Waals surface area contributed by atoms with Crippen molar-refractivity contribution in [1.29, 1.82) is 0 Å². The summed E-state index contributed by atoms with van der Waals surface area (Å²) in [6, 6.07) is 7.56. The van der Waals surface area contributed by atoms with Crippen LogP contribution in [-0.2, 0) is 14.6 Å². The smallest absolute Gasteiger partial charge is 0.238 e. The van der Waals surface area contributed by atoms with Gasteiger partial charge in [0.2, 0.25) is 5.91 Å². The fraction of sp³-hybridized carbons (Fsp3) is 0.500. The van der Waals surface area contributed by atoms with E-state index in [-0.39, 0.29) is 30.0 Å². The van der Waals surface area contributed by atoms with Gasteiger partial charge in [0, 0.05) is 10.9 Å². The predicted molar refractivity (Wildman–Crippen MR) is 86.5 cm³/mol. The summed E-state index contributed by atoms with van der Waals surface area (Å²) in [5.41, 5.74) is 0.794. The van der Waals surface area contributed by atoms with E-state index in [9.17, 15) is 13.2 Å². The second-order valence-corrected chi connectivity index (χ2v) is 8.30. The first kappa shape index (κ1) is 16.3. The number of carbonyl (C=O) groups is 1. The minimum atomic E-state index is -2.92. The minimum absolute atomic E-state index is 0.0588. The third-order valence-corrected chi connectivity index (χ3v) is 6.15. The monoisotopic (exact) mass is 328 g/mol. The van der Waals surface area contributed by atoms with Gasteiger partial charge in [-0.1, -0.05) is 12.1 Å². The topological polar surface area (TPSA) is 66.5 Å². The molecule has 1 aliphatic heterocycles. The van der Waals surface area contributed by atoms with Crippen molar-refractivity contribution in [1.82, 2.24) is 4.90 Å². The summed E-state index contributed by atoms with van der Waals surface area (Å²) in [6.07, 6.45) is 2.56. The van der Waals surface area contributed by atoms with E-state index in [0.29, 0.717) is 6.42 Å². The number of anilines is 1. The van der Waals surface area contributed by atoms with Gasteiger partial charge in [-0.2, -0.15) is 0 Å². The Balaban J connectivity index is 1.93. The fourth-order valence-electron chi connectivity index (χ4n) is 2.42. The lowest BCUT2D eigenvalue weighted by Gasteiger charge is -2.22. The maximum absolute atomic E-state index is 12.1. The van der Waals surface area contributed by atoms with Crippen LogP contribution in [0.1, 0.15) is 6.42 Å². The number of hydrogen-bond donors (Lipinski definition) is 1. The first-order valence-electron chi connectivity index (χ1n) is 6.75. The highest BCUT2D eigenvalue weighted by molar-refractivity contribution is 7.98. The zero-order valence-electron chi connectivity index (χ0n) is 12.2. The number of likely N-dealkylation sites (N-methyl/N-ethyl adjacent to an activating group) is 1. The van der Waals surface area contributed by atoms with Crippen LogP contribution in [0.15, 0.2) is 29.2 Å². The third-order valence-electron chi connectivity index (χ3n) is 3.61. The van der Waals surface area contributed by atoms with Crippen LogP contribution in [0.4, 0.5) is 5.69 Å². The van der Waals surface area contributed by atoms with Crippen molar-refractivity contribution in [3.63, 3.8) is 0 Å². The van der Waals surface area contributed by atoms with E-state index in [2.05, 4.69) is 5.32 Å². The molecule has 1 N–H and O–H groups in total. The molecule has 116 valence electrons. The molecule has 1 saturated heterocycles. The van der Waals surface area contributed by atoms with Gasteiger partial charge in [-0.25, -0.2) is 8.42 Å². The predicted octanol–water partition coefficient (Wildman–Crippen LogP) is 1.47. The second kappa shape index (κ2) is 6.81. The summed E-state index contributed by atoms with van der Waals surface area (Å²) in [5.74, 6) is 0.250. The van der Waals surface area contributed by atoms with E-state index >= 15 is 0 Å². The number of sulfone groups is 1. The van der Waals surface area contributed by atoms with Crippen LogP contribution in [0, 0.1) is 0 Å². The standard InChI is InChI=1S/C14H20N2O3S2/c1-16(11-7-8-21(18,19)10-11)9-14(17)15-12-5-3-4-6-13(12)20-2/h3-6,11H,7-10H2,1-2H3,(H,15,17)/t11-/m1/s1. The normalized spacial score (nSPS) is 20.6. The van der Waals surface area contributed by atoms with E-state index in [0.717, 1.165) is 10.6 Å². The zero-order chi connectivity index (χ0) is 15.5. The number of benzene rings is 1. The van der Waals surface area contributed by atoms with Gasteiger partial charge < -0.3 is 5.32 Å². The number of amides is 1. The highest BCUT2D eigenvalue weighted by Crippen LogP contribution is 2.24. The molecule has 0 spiro atoms. The first-order chi connectivity index (χ1) is 9.91. The highest BCUT2D eigenvalue weighted by atomic mass is 32.2. The molecular formula is C14H20N2O3S2. The average Bonchev–Trinajstić information content (AvgIpc) is 2.79. The summed E-state index contributed by atoms with van der Waals surface area (Å²) in [5, 5.41) is 2.89. The summed E-state index contributed by atoms with van der Waals surface area (Å²) < 4.78 is 23.0. The van der Waals surface area contributed by atoms with Crippen molar-refractivity contribution < 1.29 is 13.2 Å². The van der Waals surface area contributed by atoms with Crippen LogP contribution in [0.25, 0.3) is 0 Å². The van der Waals surface area contributed by atoms with Crippen molar-refractivity contribution in [2.24, 2.45) is 0 Å². The number of carbonyl (C=O) groups excluding carboxylic acids is 1. The van der Waals surface area contributed by atoms with Gasteiger partial charge >= 0.3 is 0 Å². The third kappa shape index (κ3) is 4.46.